The van der Waals surface area contributed by atoms with E-state index in [2.05, 4.69) is 16.0 Å². The van der Waals surface area contributed by atoms with E-state index in [1.165, 1.54) is 12.3 Å². The van der Waals surface area contributed by atoms with Crippen molar-refractivity contribution in [2.24, 2.45) is 11.8 Å². The monoisotopic (exact) mass is 644 g/mol. The van der Waals surface area contributed by atoms with Gasteiger partial charge in [0.25, 0.3) is 0 Å². The molecule has 4 atom stereocenters. The van der Waals surface area contributed by atoms with Gasteiger partial charge in [-0.25, -0.2) is 14.0 Å². The fraction of sp³-hybridized carbons (Fsp3) is 0.583. The quantitative estimate of drug-likeness (QED) is 0.376. The maximum absolute atomic E-state index is 15.6. The zero-order chi connectivity index (χ0) is 33.1. The number of aromatic nitrogens is 1. The fourth-order valence-electron chi connectivity index (χ4n) is 8.14. The number of hydrogen-bond donors (Lipinski definition) is 0. The first kappa shape index (κ1) is 31.7. The van der Waals surface area contributed by atoms with Crippen molar-refractivity contribution < 1.29 is 33.0 Å². The largest absolute Gasteiger partial charge is 0.450 e. The lowest BCUT2D eigenvalue weighted by molar-refractivity contribution is -0.126. The van der Waals surface area contributed by atoms with Crippen LogP contribution < -0.4 is 0 Å². The van der Waals surface area contributed by atoms with Crippen molar-refractivity contribution in [3.8, 4) is 17.3 Å². The van der Waals surface area contributed by atoms with Gasteiger partial charge in [0, 0.05) is 55.7 Å². The Morgan fingerprint density at radius 1 is 1.17 bits per heavy atom. The second kappa shape index (κ2) is 12.0. The number of ketones is 1. The molecule has 1 aromatic heterocycles. The number of piperidine rings is 2. The maximum Gasteiger partial charge on any atom is 0.411 e. The van der Waals surface area contributed by atoms with E-state index in [4.69, 9.17) is 14.2 Å². The maximum atomic E-state index is 15.6. The Morgan fingerprint density at radius 2 is 1.94 bits per heavy atom. The normalized spacial score (nSPS) is 25.6. The average Bonchev–Trinajstić information content (AvgIpc) is 3.69. The summed E-state index contributed by atoms with van der Waals surface area (Å²) in [6.07, 6.45) is 4.82. The number of carbonyl (C=O) groups is 3. The van der Waals surface area contributed by atoms with Crippen LogP contribution in [-0.2, 0) is 31.0 Å². The van der Waals surface area contributed by atoms with Crippen LogP contribution in [0.1, 0.15) is 80.8 Å². The van der Waals surface area contributed by atoms with Crippen LogP contribution in [0.5, 0.6) is 0 Å². The number of benzene rings is 1. The van der Waals surface area contributed by atoms with E-state index in [9.17, 15) is 19.6 Å². The Kier molecular flexibility index (Phi) is 8.08. The Hall–Kier alpha value is -3.88. The minimum Gasteiger partial charge on any atom is -0.450 e. The number of Topliss-reactive ketones (excluding diaryl/α,β-unsaturated/α-hetero) is 1. The van der Waals surface area contributed by atoms with Crippen molar-refractivity contribution in [3.05, 3.63) is 53.0 Å². The lowest BCUT2D eigenvalue weighted by Crippen LogP contribution is -2.54. The second-order valence-electron chi connectivity index (χ2n) is 14.8. The molecule has 0 radical (unpaired) electrons. The predicted octanol–water partition coefficient (Wildman–Crippen LogP) is 5.18. The zero-order valence-electron chi connectivity index (χ0n) is 27.2. The van der Waals surface area contributed by atoms with E-state index in [1.807, 2.05) is 6.07 Å². The number of rotatable bonds is 7. The van der Waals surface area contributed by atoms with Crippen molar-refractivity contribution in [2.75, 3.05) is 26.3 Å². The SMILES string of the molecule is CC(C)(C)OC(=O)N1[C@@H]2CC[C@@H](C2)[C@H]1C(=O)C[C@H](C#N)Cc1ccc(-c2cc3c(cn2)C(=O)OC32CCN(C3COC3)CC2)cc1F. The average molecular weight is 645 g/mol. The number of esters is 1. The summed E-state index contributed by atoms with van der Waals surface area (Å²) in [7, 11) is 0. The number of pyridine rings is 1. The van der Waals surface area contributed by atoms with E-state index in [0.29, 0.717) is 41.3 Å². The highest BCUT2D eigenvalue weighted by molar-refractivity contribution is 5.95. The summed E-state index contributed by atoms with van der Waals surface area (Å²) in [4.78, 5) is 47.8. The summed E-state index contributed by atoms with van der Waals surface area (Å²) in [6, 6.07) is 8.60. The molecule has 5 heterocycles. The summed E-state index contributed by atoms with van der Waals surface area (Å²) in [6.45, 7) is 8.45. The summed E-state index contributed by atoms with van der Waals surface area (Å²) in [5, 5.41) is 9.97. The molecular weight excluding hydrogens is 603 g/mol. The molecule has 4 fully saturated rings. The summed E-state index contributed by atoms with van der Waals surface area (Å²) < 4.78 is 32.5. The van der Waals surface area contributed by atoms with Gasteiger partial charge in [-0.15, -0.1) is 0 Å². The molecule has 248 valence electrons. The van der Waals surface area contributed by atoms with Crippen LogP contribution in [0, 0.1) is 29.0 Å². The number of likely N-dealkylation sites (tertiary alicyclic amines) is 2. The van der Waals surface area contributed by atoms with Crippen LogP contribution in [0.2, 0.25) is 0 Å². The first-order chi connectivity index (χ1) is 22.4. The summed E-state index contributed by atoms with van der Waals surface area (Å²) in [5.41, 5.74) is 1.26. The second-order valence-corrected chi connectivity index (χ2v) is 14.8. The number of amides is 1. The first-order valence-electron chi connectivity index (χ1n) is 16.7. The van der Waals surface area contributed by atoms with Gasteiger partial charge < -0.3 is 14.2 Å². The van der Waals surface area contributed by atoms with E-state index >= 15 is 4.39 Å². The number of ether oxygens (including phenoxy) is 3. The van der Waals surface area contributed by atoms with E-state index < -0.39 is 35.1 Å². The lowest BCUT2D eigenvalue weighted by Gasteiger charge is -2.44. The predicted molar refractivity (Wildman–Crippen MR) is 168 cm³/mol. The molecule has 11 heteroatoms. The Labute approximate surface area is 274 Å². The van der Waals surface area contributed by atoms with Gasteiger partial charge in [-0.2, -0.15) is 5.26 Å². The Balaban J connectivity index is 1.04. The van der Waals surface area contributed by atoms with Crippen LogP contribution in [-0.4, -0.2) is 82.7 Å². The Bertz CT molecular complexity index is 1640. The molecule has 10 nitrogen and oxygen atoms in total. The number of halogens is 1. The fourth-order valence-corrected chi connectivity index (χ4v) is 8.14. The third-order valence-electron chi connectivity index (χ3n) is 10.6. The van der Waals surface area contributed by atoms with Crippen molar-refractivity contribution in [1.82, 2.24) is 14.8 Å². The van der Waals surface area contributed by atoms with E-state index in [1.54, 1.807) is 37.8 Å². The molecule has 3 saturated heterocycles. The van der Waals surface area contributed by atoms with Crippen LogP contribution in [0.15, 0.2) is 30.5 Å². The zero-order valence-corrected chi connectivity index (χ0v) is 27.2. The molecule has 1 amide bonds. The third kappa shape index (κ3) is 5.91. The van der Waals surface area contributed by atoms with Crippen LogP contribution >= 0.6 is 0 Å². The molecule has 1 spiro atoms. The van der Waals surface area contributed by atoms with Crippen molar-refractivity contribution >= 4 is 17.8 Å². The highest BCUT2D eigenvalue weighted by atomic mass is 19.1. The van der Waals surface area contributed by atoms with Gasteiger partial charge in [0.2, 0.25) is 0 Å². The van der Waals surface area contributed by atoms with Gasteiger partial charge in [0.1, 0.15) is 17.0 Å². The van der Waals surface area contributed by atoms with Gasteiger partial charge in [-0.05, 0) is 70.1 Å². The van der Waals surface area contributed by atoms with Crippen LogP contribution in [0.4, 0.5) is 9.18 Å². The van der Waals surface area contributed by atoms with Gasteiger partial charge >= 0.3 is 12.1 Å². The van der Waals surface area contributed by atoms with Crippen molar-refractivity contribution in [1.29, 1.82) is 5.26 Å². The molecule has 2 bridgehead atoms. The van der Waals surface area contributed by atoms with Gasteiger partial charge in [0.05, 0.1) is 48.5 Å². The van der Waals surface area contributed by atoms with Crippen molar-refractivity contribution in [2.45, 2.75) is 95.0 Å². The number of nitrogens with zero attached hydrogens (tertiary/aromatic N) is 4. The molecule has 7 rings (SSSR count). The number of fused-ring (bicyclic) bond motifs is 4. The highest BCUT2D eigenvalue weighted by Crippen LogP contribution is 2.46. The van der Waals surface area contributed by atoms with E-state index in [0.717, 1.165) is 51.1 Å². The van der Waals surface area contributed by atoms with Crippen LogP contribution in [0.25, 0.3) is 11.3 Å². The molecule has 1 aromatic carbocycles. The van der Waals surface area contributed by atoms with Gasteiger partial charge in [-0.1, -0.05) is 12.1 Å². The molecule has 5 aliphatic rings. The van der Waals surface area contributed by atoms with Crippen LogP contribution in [0.3, 0.4) is 0 Å². The van der Waals surface area contributed by atoms with Gasteiger partial charge in [0.15, 0.2) is 5.78 Å². The molecule has 1 aliphatic carbocycles. The standard InChI is InChI=1S/C36H41FN4O6/c1-35(2,3)47-34(44)41-25-7-6-24(14-25)32(41)31(42)13-21(17-38)12-22-4-5-23(15-29(22)37)30-16-28-27(18-39-30)33(43)46-36(28)8-10-40(11-9-36)26-19-45-20-26/h4-5,15-16,18,21,24-26,32H,6-14,19-20H2,1-3H3/t21-,24+,25-,32+/m1/s1. The molecule has 4 aliphatic heterocycles. The summed E-state index contributed by atoms with van der Waals surface area (Å²) in [5.74, 6) is -1.74. The minimum atomic E-state index is -0.749. The third-order valence-corrected chi connectivity index (χ3v) is 10.6. The molecule has 1 saturated carbocycles. The molecular formula is C36H41FN4O6. The molecule has 0 N–H and O–H groups in total. The molecule has 2 aromatic rings. The number of nitriles is 1. The molecule has 47 heavy (non-hydrogen) atoms. The first-order valence-corrected chi connectivity index (χ1v) is 16.7. The lowest BCUT2D eigenvalue weighted by atomic mass is 9.83. The molecule has 0 unspecified atom stereocenters. The summed E-state index contributed by atoms with van der Waals surface area (Å²) >= 11 is 0. The number of carbonyl (C=O) groups excluding carboxylic acids is 3. The minimum absolute atomic E-state index is 0.0306. The Morgan fingerprint density at radius 3 is 2.60 bits per heavy atom. The highest BCUT2D eigenvalue weighted by Gasteiger charge is 2.52. The smallest absolute Gasteiger partial charge is 0.411 e. The number of hydrogen-bond acceptors (Lipinski definition) is 9. The van der Waals surface area contributed by atoms with E-state index in [-0.39, 0.29) is 36.6 Å². The topological polar surface area (TPSA) is 122 Å². The van der Waals surface area contributed by atoms with Crippen molar-refractivity contribution in [3.63, 3.8) is 0 Å². The van der Waals surface area contributed by atoms with Gasteiger partial charge in [-0.3, -0.25) is 19.6 Å².